The number of rotatable bonds is 5. The number of allylic oxidation sites excluding steroid dienone is 1. The van der Waals surface area contributed by atoms with Gasteiger partial charge < -0.3 is 0 Å². The lowest BCUT2D eigenvalue weighted by atomic mass is 10.0. The Morgan fingerprint density at radius 1 is 1.38 bits per heavy atom. The van der Waals surface area contributed by atoms with Gasteiger partial charge in [-0.25, -0.2) is 13.6 Å². The summed E-state index contributed by atoms with van der Waals surface area (Å²) >= 11 is 0. The van der Waals surface area contributed by atoms with Crippen LogP contribution in [0.4, 0.5) is 0 Å². The maximum atomic E-state index is 11.2. The number of sulfonamides is 1. The van der Waals surface area contributed by atoms with E-state index in [-0.39, 0.29) is 5.92 Å². The average molecular weight is 245 g/mol. The Balaban J connectivity index is 4.88. The first kappa shape index (κ1) is 15.0. The topological polar surface area (TPSA) is 84.9 Å². The minimum atomic E-state index is -3.53. The SMILES string of the molecule is C=N/C(C)=C\N=C(C)[C@H](C)[C@@H](C)S(N)(=O)=O. The van der Waals surface area contributed by atoms with E-state index in [1.165, 1.54) is 0 Å². The third-order valence-corrected chi connectivity index (χ3v) is 4.03. The lowest BCUT2D eigenvalue weighted by Crippen LogP contribution is -2.34. The predicted octanol–water partition coefficient (Wildman–Crippen LogP) is 1.32. The first-order valence-corrected chi connectivity index (χ1v) is 6.50. The van der Waals surface area contributed by atoms with Crippen LogP contribution >= 0.6 is 0 Å². The van der Waals surface area contributed by atoms with Crippen LogP contribution in [0.2, 0.25) is 0 Å². The van der Waals surface area contributed by atoms with Crippen LogP contribution in [0.5, 0.6) is 0 Å². The first-order chi connectivity index (χ1) is 7.20. The highest BCUT2D eigenvalue weighted by molar-refractivity contribution is 7.89. The van der Waals surface area contributed by atoms with Crippen LogP contribution in [0.1, 0.15) is 27.7 Å². The smallest absolute Gasteiger partial charge is 0.212 e. The van der Waals surface area contributed by atoms with Crippen molar-refractivity contribution in [1.29, 1.82) is 0 Å². The molecule has 0 saturated heterocycles. The molecular weight excluding hydrogens is 226 g/mol. The van der Waals surface area contributed by atoms with Gasteiger partial charge in [-0.2, -0.15) is 0 Å². The molecule has 0 rings (SSSR count). The highest BCUT2D eigenvalue weighted by atomic mass is 32.2. The molecule has 0 amide bonds. The van der Waals surface area contributed by atoms with E-state index in [0.717, 1.165) is 0 Å². The number of nitrogens with zero attached hydrogens (tertiary/aromatic N) is 2. The zero-order valence-electron chi connectivity index (χ0n) is 10.1. The van der Waals surface area contributed by atoms with Gasteiger partial charge in [0.15, 0.2) is 0 Å². The van der Waals surface area contributed by atoms with Crippen molar-refractivity contribution in [2.24, 2.45) is 21.0 Å². The van der Waals surface area contributed by atoms with Crippen LogP contribution in [0.15, 0.2) is 21.9 Å². The van der Waals surface area contributed by atoms with Crippen molar-refractivity contribution in [2.45, 2.75) is 32.9 Å². The van der Waals surface area contributed by atoms with Crippen LogP contribution in [0.3, 0.4) is 0 Å². The number of hydrogen-bond acceptors (Lipinski definition) is 4. The van der Waals surface area contributed by atoms with Crippen molar-refractivity contribution in [1.82, 2.24) is 0 Å². The van der Waals surface area contributed by atoms with E-state index in [9.17, 15) is 8.42 Å². The van der Waals surface area contributed by atoms with E-state index < -0.39 is 15.3 Å². The van der Waals surface area contributed by atoms with Crippen LogP contribution in [0, 0.1) is 5.92 Å². The molecule has 0 aliphatic heterocycles. The van der Waals surface area contributed by atoms with E-state index in [2.05, 4.69) is 16.7 Å². The Bertz CT molecular complexity index is 410. The van der Waals surface area contributed by atoms with Crippen LogP contribution < -0.4 is 5.14 Å². The largest absolute Gasteiger partial charge is 0.268 e. The lowest BCUT2D eigenvalue weighted by Gasteiger charge is -2.17. The minimum Gasteiger partial charge on any atom is -0.268 e. The fourth-order valence-corrected chi connectivity index (χ4v) is 1.74. The third-order valence-electron chi connectivity index (χ3n) is 2.59. The number of hydrogen-bond donors (Lipinski definition) is 1. The van der Waals surface area contributed by atoms with Gasteiger partial charge in [0.2, 0.25) is 10.0 Å². The normalized spacial score (nSPS) is 18.1. The van der Waals surface area contributed by atoms with Crippen LogP contribution in [-0.2, 0) is 10.0 Å². The van der Waals surface area contributed by atoms with Gasteiger partial charge in [0.05, 0.1) is 10.9 Å². The van der Waals surface area contributed by atoms with Crippen molar-refractivity contribution < 1.29 is 8.42 Å². The molecule has 2 N–H and O–H groups in total. The van der Waals surface area contributed by atoms with Crippen molar-refractivity contribution in [3.05, 3.63) is 11.9 Å². The molecule has 0 spiro atoms. The van der Waals surface area contributed by atoms with Crippen LogP contribution in [-0.4, -0.2) is 26.1 Å². The van der Waals surface area contributed by atoms with E-state index in [1.807, 2.05) is 0 Å². The molecule has 0 fully saturated rings. The summed E-state index contributed by atoms with van der Waals surface area (Å²) in [6.07, 6.45) is 1.55. The molecule has 0 aromatic rings. The van der Waals surface area contributed by atoms with Gasteiger partial charge in [-0.05, 0) is 27.5 Å². The average Bonchev–Trinajstić information content (AvgIpc) is 2.21. The summed E-state index contributed by atoms with van der Waals surface area (Å²) in [5.74, 6) is -0.233. The van der Waals surface area contributed by atoms with E-state index in [1.54, 1.807) is 33.9 Å². The molecule has 92 valence electrons. The molecule has 0 radical (unpaired) electrons. The highest BCUT2D eigenvalue weighted by Crippen LogP contribution is 2.12. The zero-order chi connectivity index (χ0) is 12.9. The summed E-state index contributed by atoms with van der Waals surface area (Å²) in [5, 5.41) is 4.42. The van der Waals surface area contributed by atoms with Crippen molar-refractivity contribution in [3.8, 4) is 0 Å². The van der Waals surface area contributed by atoms with Crippen molar-refractivity contribution in [2.75, 3.05) is 0 Å². The van der Waals surface area contributed by atoms with Gasteiger partial charge in [0.1, 0.15) is 0 Å². The Morgan fingerprint density at radius 2 is 1.88 bits per heavy atom. The molecule has 0 unspecified atom stereocenters. The lowest BCUT2D eigenvalue weighted by molar-refractivity contribution is 0.570. The molecule has 0 saturated carbocycles. The molecule has 0 aromatic carbocycles. The van der Waals surface area contributed by atoms with Gasteiger partial charge in [-0.3, -0.25) is 9.98 Å². The Morgan fingerprint density at radius 3 is 2.25 bits per heavy atom. The van der Waals surface area contributed by atoms with Gasteiger partial charge in [0.25, 0.3) is 0 Å². The summed E-state index contributed by atoms with van der Waals surface area (Å²) in [4.78, 5) is 7.80. The van der Waals surface area contributed by atoms with E-state index in [4.69, 9.17) is 5.14 Å². The Labute approximate surface area is 97.2 Å². The minimum absolute atomic E-state index is 0.233. The fourth-order valence-electron chi connectivity index (χ4n) is 0.978. The molecule has 5 nitrogen and oxygen atoms in total. The van der Waals surface area contributed by atoms with E-state index >= 15 is 0 Å². The maximum Gasteiger partial charge on any atom is 0.212 e. The fraction of sp³-hybridized carbons (Fsp3) is 0.600. The second-order valence-electron chi connectivity index (χ2n) is 3.78. The highest BCUT2D eigenvalue weighted by Gasteiger charge is 2.24. The summed E-state index contributed by atoms with van der Waals surface area (Å²) in [6.45, 7) is 10.2. The van der Waals surface area contributed by atoms with Gasteiger partial charge in [0, 0.05) is 17.8 Å². The molecular formula is C10H19N3O2S. The quantitative estimate of drug-likeness (QED) is 0.741. The molecule has 0 aromatic heterocycles. The summed E-state index contributed by atoms with van der Waals surface area (Å²) in [5.41, 5.74) is 1.37. The molecule has 16 heavy (non-hydrogen) atoms. The van der Waals surface area contributed by atoms with E-state index in [0.29, 0.717) is 11.4 Å². The van der Waals surface area contributed by atoms with Crippen molar-refractivity contribution in [3.63, 3.8) is 0 Å². The second kappa shape index (κ2) is 5.91. The molecule has 2 atom stereocenters. The number of aliphatic imine (C=N–C) groups is 2. The predicted molar refractivity (Wildman–Crippen MR) is 68.1 cm³/mol. The summed E-state index contributed by atoms with van der Waals surface area (Å²) in [7, 11) is -3.53. The summed E-state index contributed by atoms with van der Waals surface area (Å²) in [6, 6.07) is 0. The standard InChI is InChI=1S/C10H19N3O2S/c1-7(12-5)6-13-9(3)8(2)10(4)16(11,14)15/h6,8,10H,5H2,1-4H3,(H2,11,14,15)/b7-6-,13-9?/t8-,10+/m0/s1. The van der Waals surface area contributed by atoms with Gasteiger partial charge in [-0.15, -0.1) is 0 Å². The third kappa shape index (κ3) is 4.67. The first-order valence-electron chi connectivity index (χ1n) is 4.89. The zero-order valence-corrected chi connectivity index (χ0v) is 11.0. The number of primary sulfonamides is 1. The molecule has 0 aliphatic rings. The van der Waals surface area contributed by atoms with Gasteiger partial charge >= 0.3 is 0 Å². The Kier molecular flexibility index (Phi) is 5.53. The second-order valence-corrected chi connectivity index (χ2v) is 5.70. The monoisotopic (exact) mass is 245 g/mol. The Hall–Kier alpha value is -1.01. The molecule has 6 heteroatoms. The summed E-state index contributed by atoms with van der Waals surface area (Å²) < 4.78 is 22.3. The molecule has 0 aliphatic carbocycles. The molecule has 0 heterocycles. The van der Waals surface area contributed by atoms with Crippen LogP contribution in [0.25, 0.3) is 0 Å². The van der Waals surface area contributed by atoms with Crippen molar-refractivity contribution >= 4 is 22.5 Å². The number of nitrogens with two attached hydrogens (primary N) is 1. The maximum absolute atomic E-state index is 11.2. The van der Waals surface area contributed by atoms with Gasteiger partial charge in [-0.1, -0.05) is 6.92 Å². The molecule has 0 bridgehead atoms.